The van der Waals surface area contributed by atoms with Crippen LogP contribution in [-0.2, 0) is 0 Å². The zero-order valence-corrected chi connectivity index (χ0v) is 15.9. The molecule has 0 radical (unpaired) electrons. The smallest absolute Gasteiger partial charge is 0.119 e. The molecule has 0 aromatic rings. The maximum atomic E-state index is 2.72. The molecule has 1 saturated carbocycles. The van der Waals surface area contributed by atoms with Crippen molar-refractivity contribution in [3.63, 3.8) is 0 Å². The Balaban J connectivity index is 2.52. The second kappa shape index (κ2) is 5.77. The van der Waals surface area contributed by atoms with Gasteiger partial charge in [-0.15, -0.1) is 0 Å². The van der Waals surface area contributed by atoms with E-state index in [1.807, 2.05) is 0 Å². The molecule has 18 heavy (non-hydrogen) atoms. The summed E-state index contributed by atoms with van der Waals surface area (Å²) in [5.41, 5.74) is 0. The van der Waals surface area contributed by atoms with Crippen molar-refractivity contribution in [3.8, 4) is 0 Å². The van der Waals surface area contributed by atoms with Crippen LogP contribution in [0.2, 0.25) is 39.3 Å². The first kappa shape index (κ1) is 16.4. The van der Waals surface area contributed by atoms with Crippen molar-refractivity contribution in [3.05, 3.63) is 0 Å². The van der Waals surface area contributed by atoms with Gasteiger partial charge in [0, 0.05) is 12.1 Å². The van der Waals surface area contributed by atoms with Gasteiger partial charge in [0.05, 0.1) is 0 Å². The van der Waals surface area contributed by atoms with E-state index in [1.54, 1.807) is 0 Å². The molecule has 108 valence electrons. The Labute approximate surface area is 117 Å². The fourth-order valence-corrected chi connectivity index (χ4v) is 5.64. The van der Waals surface area contributed by atoms with Gasteiger partial charge in [-0.1, -0.05) is 39.3 Å². The van der Waals surface area contributed by atoms with Crippen molar-refractivity contribution >= 4 is 16.5 Å². The van der Waals surface area contributed by atoms with Gasteiger partial charge in [-0.3, -0.25) is 0 Å². The topological polar surface area (TPSA) is 6.48 Å². The molecule has 2 nitrogen and oxygen atoms in total. The third-order valence-corrected chi connectivity index (χ3v) is 9.84. The standard InChI is InChI=1S/C14H34N2Si2/c1-15(17(3,4)5)13-9-11-14(12-10-13)16(2)18(6,7)8/h13-14H,9-12H2,1-8H3. The molecule has 1 rings (SSSR count). The SMILES string of the molecule is CN(C1CCC(N(C)[Si](C)(C)C)CC1)[Si](C)(C)C. The highest BCUT2D eigenvalue weighted by Gasteiger charge is 2.34. The normalized spacial score (nSPS) is 27.0. The predicted octanol–water partition coefficient (Wildman–Crippen LogP) is 3.83. The van der Waals surface area contributed by atoms with Gasteiger partial charge in [0.15, 0.2) is 0 Å². The number of rotatable bonds is 4. The van der Waals surface area contributed by atoms with Crippen LogP contribution in [-0.4, -0.2) is 51.8 Å². The zero-order valence-electron chi connectivity index (χ0n) is 13.9. The quantitative estimate of drug-likeness (QED) is 0.725. The average Bonchev–Trinajstić information content (AvgIpc) is 2.25. The summed E-state index contributed by atoms with van der Waals surface area (Å²) in [6.07, 6.45) is 5.61. The zero-order chi connectivity index (χ0) is 14.1. The van der Waals surface area contributed by atoms with Crippen LogP contribution in [0, 0.1) is 0 Å². The molecule has 0 N–H and O–H groups in total. The molecule has 0 atom stereocenters. The van der Waals surface area contributed by atoms with Crippen LogP contribution in [0.4, 0.5) is 0 Å². The van der Waals surface area contributed by atoms with Crippen LogP contribution >= 0.6 is 0 Å². The van der Waals surface area contributed by atoms with Crippen LogP contribution in [0.25, 0.3) is 0 Å². The van der Waals surface area contributed by atoms with E-state index in [2.05, 4.69) is 62.5 Å². The third-order valence-electron chi connectivity index (χ3n) is 4.88. The van der Waals surface area contributed by atoms with Gasteiger partial charge in [0.25, 0.3) is 0 Å². The number of hydrogen-bond acceptors (Lipinski definition) is 2. The maximum Gasteiger partial charge on any atom is 0.119 e. The lowest BCUT2D eigenvalue weighted by Gasteiger charge is -2.45. The summed E-state index contributed by atoms with van der Waals surface area (Å²) in [7, 11) is 2.51. The van der Waals surface area contributed by atoms with Gasteiger partial charge in [0.1, 0.15) is 16.5 Å². The lowest BCUT2D eigenvalue weighted by Crippen LogP contribution is -2.54. The monoisotopic (exact) mass is 286 g/mol. The Kier molecular flexibility index (Phi) is 5.26. The van der Waals surface area contributed by atoms with Crippen LogP contribution in [0.3, 0.4) is 0 Å². The molecular formula is C14H34N2Si2. The van der Waals surface area contributed by atoms with Crippen molar-refractivity contribution in [1.82, 2.24) is 9.13 Å². The average molecular weight is 287 g/mol. The largest absolute Gasteiger partial charge is 0.324 e. The minimum atomic E-state index is -1.11. The highest BCUT2D eigenvalue weighted by atomic mass is 28.3. The molecule has 0 saturated heterocycles. The molecule has 1 aliphatic carbocycles. The highest BCUT2D eigenvalue weighted by Crippen LogP contribution is 2.29. The minimum absolute atomic E-state index is 0.850. The molecule has 0 unspecified atom stereocenters. The summed E-state index contributed by atoms with van der Waals surface area (Å²) in [6.45, 7) is 14.8. The van der Waals surface area contributed by atoms with Crippen LogP contribution in [0.15, 0.2) is 0 Å². The van der Waals surface area contributed by atoms with Crippen LogP contribution in [0.5, 0.6) is 0 Å². The fourth-order valence-electron chi connectivity index (χ4n) is 2.93. The van der Waals surface area contributed by atoms with E-state index in [0.717, 1.165) is 12.1 Å². The first-order valence-electron chi connectivity index (χ1n) is 7.49. The van der Waals surface area contributed by atoms with Gasteiger partial charge >= 0.3 is 0 Å². The Bertz CT molecular complexity index is 232. The Morgan fingerprint density at radius 2 is 0.833 bits per heavy atom. The molecule has 0 aliphatic heterocycles. The van der Waals surface area contributed by atoms with E-state index in [-0.39, 0.29) is 0 Å². The summed E-state index contributed by atoms with van der Waals surface area (Å²) in [5.74, 6) is 0. The lowest BCUT2D eigenvalue weighted by atomic mass is 9.91. The first-order valence-corrected chi connectivity index (χ1v) is 14.4. The molecule has 0 amide bonds. The number of nitrogens with zero attached hydrogens (tertiary/aromatic N) is 2. The second-order valence-corrected chi connectivity index (χ2v) is 18.1. The van der Waals surface area contributed by atoms with Gasteiger partial charge in [-0.05, 0) is 39.8 Å². The van der Waals surface area contributed by atoms with Crippen molar-refractivity contribution < 1.29 is 0 Å². The summed E-state index contributed by atoms with van der Waals surface area (Å²) < 4.78 is 5.44. The Hall–Kier alpha value is 0.354. The number of hydrogen-bond donors (Lipinski definition) is 0. The first-order chi connectivity index (χ1) is 8.03. The molecule has 4 heteroatoms. The molecular weight excluding hydrogens is 252 g/mol. The van der Waals surface area contributed by atoms with Gasteiger partial charge in [-0.25, -0.2) is 0 Å². The Morgan fingerprint density at radius 3 is 1.00 bits per heavy atom. The van der Waals surface area contributed by atoms with Crippen molar-refractivity contribution in [2.24, 2.45) is 0 Å². The van der Waals surface area contributed by atoms with E-state index >= 15 is 0 Å². The fraction of sp³-hybridized carbons (Fsp3) is 1.00. The highest BCUT2D eigenvalue weighted by molar-refractivity contribution is 6.73. The van der Waals surface area contributed by atoms with Gasteiger partial charge < -0.3 is 9.13 Å². The molecule has 0 aromatic heterocycles. The summed E-state index contributed by atoms with van der Waals surface area (Å²) >= 11 is 0. The Morgan fingerprint density at radius 1 is 0.611 bits per heavy atom. The third kappa shape index (κ3) is 4.18. The van der Waals surface area contributed by atoms with Crippen LogP contribution < -0.4 is 0 Å². The van der Waals surface area contributed by atoms with Crippen LogP contribution in [0.1, 0.15) is 25.7 Å². The second-order valence-electron chi connectivity index (χ2n) is 8.03. The van der Waals surface area contributed by atoms with Crippen molar-refractivity contribution in [1.29, 1.82) is 0 Å². The molecule has 0 bridgehead atoms. The predicted molar refractivity (Wildman–Crippen MR) is 88.3 cm³/mol. The van der Waals surface area contributed by atoms with E-state index in [4.69, 9.17) is 0 Å². The summed E-state index contributed by atoms with van der Waals surface area (Å²) in [5, 5.41) is 0. The summed E-state index contributed by atoms with van der Waals surface area (Å²) in [4.78, 5) is 0. The van der Waals surface area contributed by atoms with Crippen molar-refractivity contribution in [2.75, 3.05) is 14.1 Å². The lowest BCUT2D eigenvalue weighted by molar-refractivity contribution is 0.205. The van der Waals surface area contributed by atoms with Crippen molar-refractivity contribution in [2.45, 2.75) is 77.0 Å². The van der Waals surface area contributed by atoms with Gasteiger partial charge in [-0.2, -0.15) is 0 Å². The molecule has 0 aromatic carbocycles. The molecule has 1 aliphatic rings. The maximum absolute atomic E-state index is 2.72. The molecule has 0 spiro atoms. The summed E-state index contributed by atoms with van der Waals surface area (Å²) in [6, 6.07) is 1.70. The van der Waals surface area contributed by atoms with Gasteiger partial charge in [0.2, 0.25) is 0 Å². The van der Waals surface area contributed by atoms with E-state index in [9.17, 15) is 0 Å². The van der Waals surface area contributed by atoms with E-state index < -0.39 is 16.5 Å². The minimum Gasteiger partial charge on any atom is -0.324 e. The van der Waals surface area contributed by atoms with E-state index in [1.165, 1.54) is 25.7 Å². The van der Waals surface area contributed by atoms with E-state index in [0.29, 0.717) is 0 Å². The molecule has 1 fully saturated rings. The molecule has 0 heterocycles.